The summed E-state index contributed by atoms with van der Waals surface area (Å²) in [6.45, 7) is 8.02. The van der Waals surface area contributed by atoms with Gasteiger partial charge in [-0.15, -0.1) is 0 Å². The molecule has 0 saturated carbocycles. The second kappa shape index (κ2) is 9.83. The van der Waals surface area contributed by atoms with Crippen LogP contribution in [-0.4, -0.2) is 43.7 Å². The molecule has 1 atom stereocenters. The third-order valence-electron chi connectivity index (χ3n) is 6.10. The minimum Gasteiger partial charge on any atom is -0.344 e. The molecule has 0 bridgehead atoms. The van der Waals surface area contributed by atoms with Crippen molar-refractivity contribution < 1.29 is 18.0 Å². The van der Waals surface area contributed by atoms with E-state index in [1.807, 2.05) is 39.0 Å². The first kappa shape index (κ1) is 23.9. The van der Waals surface area contributed by atoms with E-state index >= 15 is 0 Å². The van der Waals surface area contributed by atoms with Gasteiger partial charge in [0.25, 0.3) is 0 Å². The van der Waals surface area contributed by atoms with Gasteiger partial charge in [-0.1, -0.05) is 29.8 Å². The lowest BCUT2D eigenvalue weighted by molar-refractivity contribution is -0.129. The predicted molar refractivity (Wildman–Crippen MR) is 125 cm³/mol. The summed E-state index contributed by atoms with van der Waals surface area (Å²) in [6, 6.07) is 11.8. The molecule has 2 amide bonds. The Morgan fingerprint density at radius 3 is 2.25 bits per heavy atom. The monoisotopic (exact) mass is 457 g/mol. The maximum absolute atomic E-state index is 12.8. The topological polar surface area (TPSA) is 95.6 Å². The SMILES string of the molecule is Cc1ccc(S(=O)(=O)N2CCC(C(=O)NC(C)C(=O)Nc3cccc(C)c3C)CC2)cc1. The van der Waals surface area contributed by atoms with Gasteiger partial charge < -0.3 is 10.6 Å². The van der Waals surface area contributed by atoms with Crippen molar-refractivity contribution in [3.05, 3.63) is 59.2 Å². The van der Waals surface area contributed by atoms with E-state index in [9.17, 15) is 18.0 Å². The van der Waals surface area contributed by atoms with Gasteiger partial charge in [0, 0.05) is 24.7 Å². The van der Waals surface area contributed by atoms with Gasteiger partial charge in [0.05, 0.1) is 4.90 Å². The van der Waals surface area contributed by atoms with Crippen LogP contribution in [0.15, 0.2) is 47.4 Å². The summed E-state index contributed by atoms with van der Waals surface area (Å²) in [5.74, 6) is -0.831. The van der Waals surface area contributed by atoms with Gasteiger partial charge in [-0.3, -0.25) is 9.59 Å². The molecule has 7 nitrogen and oxygen atoms in total. The number of rotatable bonds is 6. The Balaban J connectivity index is 1.54. The zero-order valence-electron chi connectivity index (χ0n) is 19.0. The van der Waals surface area contributed by atoms with E-state index in [0.29, 0.717) is 12.8 Å². The summed E-state index contributed by atoms with van der Waals surface area (Å²) >= 11 is 0. The highest BCUT2D eigenvalue weighted by Crippen LogP contribution is 2.24. The third-order valence-corrected chi connectivity index (χ3v) is 8.01. The van der Waals surface area contributed by atoms with Crippen LogP contribution in [0.5, 0.6) is 0 Å². The van der Waals surface area contributed by atoms with Crippen LogP contribution in [0.3, 0.4) is 0 Å². The summed E-state index contributed by atoms with van der Waals surface area (Å²) in [5.41, 5.74) is 3.79. The average molecular weight is 458 g/mol. The number of nitrogens with one attached hydrogen (secondary N) is 2. The molecule has 1 aliphatic heterocycles. The fraction of sp³-hybridized carbons (Fsp3) is 0.417. The first-order chi connectivity index (χ1) is 15.1. The summed E-state index contributed by atoms with van der Waals surface area (Å²) in [6.07, 6.45) is 0.838. The number of aryl methyl sites for hydroxylation is 2. The van der Waals surface area contributed by atoms with Crippen LogP contribution >= 0.6 is 0 Å². The lowest BCUT2D eigenvalue weighted by atomic mass is 9.97. The quantitative estimate of drug-likeness (QED) is 0.697. The first-order valence-corrected chi connectivity index (χ1v) is 12.3. The van der Waals surface area contributed by atoms with E-state index in [0.717, 1.165) is 22.4 Å². The lowest BCUT2D eigenvalue weighted by Gasteiger charge is -2.31. The number of sulfonamides is 1. The van der Waals surface area contributed by atoms with Gasteiger partial charge in [-0.05, 0) is 69.9 Å². The average Bonchev–Trinajstić information content (AvgIpc) is 2.77. The van der Waals surface area contributed by atoms with Crippen molar-refractivity contribution in [3.63, 3.8) is 0 Å². The zero-order valence-corrected chi connectivity index (χ0v) is 19.8. The van der Waals surface area contributed by atoms with E-state index in [1.165, 1.54) is 4.31 Å². The molecule has 1 unspecified atom stereocenters. The molecule has 2 N–H and O–H groups in total. The molecule has 1 aliphatic rings. The highest BCUT2D eigenvalue weighted by molar-refractivity contribution is 7.89. The van der Waals surface area contributed by atoms with Crippen LogP contribution in [0.1, 0.15) is 36.5 Å². The smallest absolute Gasteiger partial charge is 0.246 e. The summed E-state index contributed by atoms with van der Waals surface area (Å²) < 4.78 is 27.1. The maximum atomic E-state index is 12.8. The molecule has 1 saturated heterocycles. The number of amides is 2. The summed E-state index contributed by atoms with van der Waals surface area (Å²) in [4.78, 5) is 25.5. The van der Waals surface area contributed by atoms with Crippen LogP contribution in [0.25, 0.3) is 0 Å². The molecule has 8 heteroatoms. The maximum Gasteiger partial charge on any atom is 0.246 e. The Bertz CT molecular complexity index is 1090. The molecule has 3 rings (SSSR count). The minimum absolute atomic E-state index is 0.221. The molecule has 2 aromatic rings. The van der Waals surface area contributed by atoms with E-state index in [2.05, 4.69) is 10.6 Å². The molecular formula is C24H31N3O4S. The van der Waals surface area contributed by atoms with Gasteiger partial charge in [0.15, 0.2) is 0 Å². The van der Waals surface area contributed by atoms with Crippen molar-refractivity contribution in [3.8, 4) is 0 Å². The Kier molecular flexibility index (Phi) is 7.36. The molecule has 0 radical (unpaired) electrons. The van der Waals surface area contributed by atoms with Crippen LogP contribution in [0.4, 0.5) is 5.69 Å². The van der Waals surface area contributed by atoms with Crippen molar-refractivity contribution >= 4 is 27.5 Å². The zero-order chi connectivity index (χ0) is 23.5. The van der Waals surface area contributed by atoms with Crippen LogP contribution in [0, 0.1) is 26.7 Å². The standard InChI is InChI=1S/C24H31N3O4S/c1-16-8-10-21(11-9-16)32(30,31)27-14-12-20(13-15-27)24(29)25-19(4)23(28)26-22-7-5-6-17(2)18(22)3/h5-11,19-20H,12-15H2,1-4H3,(H,25,29)(H,26,28). The molecule has 2 aromatic carbocycles. The fourth-order valence-electron chi connectivity index (χ4n) is 3.74. The van der Waals surface area contributed by atoms with E-state index < -0.39 is 16.1 Å². The molecule has 1 heterocycles. The third kappa shape index (κ3) is 5.37. The largest absolute Gasteiger partial charge is 0.344 e. The van der Waals surface area contributed by atoms with E-state index in [1.54, 1.807) is 31.2 Å². The summed E-state index contributed by atoms with van der Waals surface area (Å²) in [7, 11) is -3.57. The Morgan fingerprint density at radius 2 is 1.62 bits per heavy atom. The van der Waals surface area contributed by atoms with Gasteiger partial charge in [0.1, 0.15) is 6.04 Å². The fourth-order valence-corrected chi connectivity index (χ4v) is 5.21. The number of carbonyl (C=O) groups excluding carboxylic acids is 2. The van der Waals surface area contributed by atoms with Crippen LogP contribution in [-0.2, 0) is 19.6 Å². The van der Waals surface area contributed by atoms with Gasteiger partial charge in [-0.2, -0.15) is 4.31 Å². The van der Waals surface area contributed by atoms with Gasteiger partial charge >= 0.3 is 0 Å². The Labute approximate surface area is 190 Å². The minimum atomic E-state index is -3.57. The van der Waals surface area contributed by atoms with Crippen LogP contribution in [0.2, 0.25) is 0 Å². The second-order valence-corrected chi connectivity index (χ2v) is 10.4. The van der Waals surface area contributed by atoms with Crippen molar-refractivity contribution in [1.29, 1.82) is 0 Å². The number of anilines is 1. The number of hydrogen-bond acceptors (Lipinski definition) is 4. The van der Waals surface area contributed by atoms with Crippen LogP contribution < -0.4 is 10.6 Å². The molecular weight excluding hydrogens is 426 g/mol. The molecule has 0 aliphatic carbocycles. The number of nitrogens with zero attached hydrogens (tertiary/aromatic N) is 1. The van der Waals surface area contributed by atoms with Crippen molar-refractivity contribution in [2.75, 3.05) is 18.4 Å². The van der Waals surface area contributed by atoms with E-state index in [4.69, 9.17) is 0 Å². The highest BCUT2D eigenvalue weighted by atomic mass is 32.2. The molecule has 0 spiro atoms. The number of hydrogen-bond donors (Lipinski definition) is 2. The second-order valence-electron chi connectivity index (χ2n) is 8.46. The van der Waals surface area contributed by atoms with Crippen molar-refractivity contribution in [1.82, 2.24) is 9.62 Å². The Morgan fingerprint density at radius 1 is 1.00 bits per heavy atom. The van der Waals surface area contributed by atoms with Crippen molar-refractivity contribution in [2.24, 2.45) is 5.92 Å². The normalized spacial score (nSPS) is 16.4. The highest BCUT2D eigenvalue weighted by Gasteiger charge is 2.33. The first-order valence-electron chi connectivity index (χ1n) is 10.8. The molecule has 32 heavy (non-hydrogen) atoms. The van der Waals surface area contributed by atoms with Crippen molar-refractivity contribution in [2.45, 2.75) is 51.5 Å². The number of carbonyl (C=O) groups is 2. The molecule has 0 aromatic heterocycles. The molecule has 172 valence electrons. The van der Waals surface area contributed by atoms with Gasteiger partial charge in [0.2, 0.25) is 21.8 Å². The number of piperidine rings is 1. The number of benzene rings is 2. The lowest BCUT2D eigenvalue weighted by Crippen LogP contribution is -2.47. The summed E-state index contributed by atoms with van der Waals surface area (Å²) in [5, 5.41) is 5.64. The van der Waals surface area contributed by atoms with Gasteiger partial charge in [-0.25, -0.2) is 8.42 Å². The molecule has 1 fully saturated rings. The predicted octanol–water partition coefficient (Wildman–Crippen LogP) is 3.16. The Hall–Kier alpha value is -2.71. The van der Waals surface area contributed by atoms with E-state index in [-0.39, 0.29) is 35.7 Å².